The van der Waals surface area contributed by atoms with Crippen LogP contribution >= 0.6 is 0 Å². The van der Waals surface area contributed by atoms with E-state index in [1.807, 2.05) is 36.9 Å². The predicted octanol–water partition coefficient (Wildman–Crippen LogP) is 3.66. The van der Waals surface area contributed by atoms with Crippen molar-refractivity contribution in [2.24, 2.45) is 4.99 Å². The zero-order chi connectivity index (χ0) is 20.8. The lowest BCUT2D eigenvalue weighted by atomic mass is 9.99. The van der Waals surface area contributed by atoms with Crippen LogP contribution in [0.5, 0.6) is 0 Å². The van der Waals surface area contributed by atoms with Gasteiger partial charge in [0.2, 0.25) is 0 Å². The van der Waals surface area contributed by atoms with Crippen molar-refractivity contribution in [2.45, 2.75) is 40.2 Å². The van der Waals surface area contributed by atoms with Crippen LogP contribution in [0, 0.1) is 20.8 Å². The van der Waals surface area contributed by atoms with E-state index in [0.717, 1.165) is 35.3 Å². The Balaban J connectivity index is 1.53. The molecule has 0 radical (unpaired) electrons. The van der Waals surface area contributed by atoms with Crippen molar-refractivity contribution in [3.63, 3.8) is 0 Å². The summed E-state index contributed by atoms with van der Waals surface area (Å²) in [5.74, 6) is 2.01. The monoisotopic (exact) mass is 390 g/mol. The summed E-state index contributed by atoms with van der Waals surface area (Å²) in [6.45, 7) is 9.83. The highest BCUT2D eigenvalue weighted by Crippen LogP contribution is 2.15. The fourth-order valence-electron chi connectivity index (χ4n) is 3.26. The first kappa shape index (κ1) is 20.6. The summed E-state index contributed by atoms with van der Waals surface area (Å²) in [7, 11) is 1.79. The maximum atomic E-state index is 4.55. The third-order valence-electron chi connectivity index (χ3n) is 4.91. The number of benzene rings is 1. The number of nitrogens with zero attached hydrogens (tertiary/aromatic N) is 4. The van der Waals surface area contributed by atoms with Crippen LogP contribution in [-0.2, 0) is 6.54 Å². The Morgan fingerprint density at radius 1 is 1.10 bits per heavy atom. The van der Waals surface area contributed by atoms with E-state index in [4.69, 9.17) is 0 Å². The van der Waals surface area contributed by atoms with Gasteiger partial charge in [-0.1, -0.05) is 42.8 Å². The van der Waals surface area contributed by atoms with Crippen LogP contribution < -0.4 is 10.6 Å². The van der Waals surface area contributed by atoms with Gasteiger partial charge in [-0.25, -0.2) is 9.67 Å². The third kappa shape index (κ3) is 5.44. The van der Waals surface area contributed by atoms with Gasteiger partial charge >= 0.3 is 0 Å². The molecule has 0 saturated heterocycles. The number of rotatable bonds is 6. The van der Waals surface area contributed by atoms with Crippen LogP contribution in [0.2, 0.25) is 0 Å². The fraction of sp³-hybridized carbons (Fsp3) is 0.348. The molecule has 0 aliphatic heterocycles. The summed E-state index contributed by atoms with van der Waals surface area (Å²) in [6.07, 6.45) is 1.88. The van der Waals surface area contributed by atoms with Gasteiger partial charge in [-0.05, 0) is 49.9 Å². The number of aryl methyl sites for hydroxylation is 3. The molecule has 0 bridgehead atoms. The van der Waals surface area contributed by atoms with Gasteiger partial charge in [-0.15, -0.1) is 0 Å². The van der Waals surface area contributed by atoms with E-state index in [1.54, 1.807) is 7.05 Å². The van der Waals surface area contributed by atoms with Gasteiger partial charge in [0.05, 0.1) is 5.69 Å². The number of hydrogen-bond donors (Lipinski definition) is 2. The summed E-state index contributed by atoms with van der Waals surface area (Å²) < 4.78 is 1.86. The molecule has 1 atom stereocenters. The van der Waals surface area contributed by atoms with Crippen molar-refractivity contribution < 1.29 is 0 Å². The molecule has 2 N–H and O–H groups in total. The SMILES string of the molecule is CN=C(NCc1ccc(-n2nc(C)cc2C)nc1)NCC(C)c1cccc(C)c1. The number of aromatic nitrogens is 3. The Labute approximate surface area is 173 Å². The fourth-order valence-corrected chi connectivity index (χ4v) is 3.26. The maximum Gasteiger partial charge on any atom is 0.191 e. The highest BCUT2D eigenvalue weighted by Gasteiger charge is 2.08. The quantitative estimate of drug-likeness (QED) is 0.498. The van der Waals surface area contributed by atoms with Crippen molar-refractivity contribution in [3.8, 4) is 5.82 Å². The smallest absolute Gasteiger partial charge is 0.191 e. The Bertz CT molecular complexity index is 971. The van der Waals surface area contributed by atoms with Crippen LogP contribution in [0.25, 0.3) is 5.82 Å². The lowest BCUT2D eigenvalue weighted by Gasteiger charge is -2.17. The third-order valence-corrected chi connectivity index (χ3v) is 4.91. The number of hydrogen-bond acceptors (Lipinski definition) is 3. The van der Waals surface area contributed by atoms with E-state index < -0.39 is 0 Å². The topological polar surface area (TPSA) is 67.1 Å². The summed E-state index contributed by atoms with van der Waals surface area (Å²) in [5, 5.41) is 11.2. The molecule has 6 nitrogen and oxygen atoms in total. The number of nitrogens with one attached hydrogen (secondary N) is 2. The molecule has 0 saturated carbocycles. The molecule has 0 amide bonds. The maximum absolute atomic E-state index is 4.55. The molecule has 1 unspecified atom stereocenters. The summed E-state index contributed by atoms with van der Waals surface area (Å²) >= 11 is 0. The molecule has 6 heteroatoms. The second kappa shape index (κ2) is 9.37. The second-order valence-corrected chi connectivity index (χ2v) is 7.49. The Morgan fingerprint density at radius 3 is 2.55 bits per heavy atom. The molecule has 0 aliphatic rings. The zero-order valence-electron chi connectivity index (χ0n) is 17.9. The molecule has 2 aromatic heterocycles. The van der Waals surface area contributed by atoms with E-state index in [1.165, 1.54) is 11.1 Å². The predicted molar refractivity (Wildman–Crippen MR) is 119 cm³/mol. The molecule has 152 valence electrons. The Kier molecular flexibility index (Phi) is 6.65. The van der Waals surface area contributed by atoms with Gasteiger partial charge in [0.25, 0.3) is 0 Å². The van der Waals surface area contributed by atoms with Crippen LogP contribution in [0.3, 0.4) is 0 Å². The standard InChI is InChI=1S/C23H30N6/c1-16-7-6-8-21(11-16)17(2)13-26-23(24-5)27-15-20-9-10-22(25-14-20)29-19(4)12-18(3)28-29/h6-12,14,17H,13,15H2,1-5H3,(H2,24,26,27). The van der Waals surface area contributed by atoms with Gasteiger partial charge in [0.1, 0.15) is 0 Å². The molecule has 0 fully saturated rings. The zero-order valence-corrected chi connectivity index (χ0v) is 17.9. The summed E-state index contributed by atoms with van der Waals surface area (Å²) in [5.41, 5.74) is 5.77. The Morgan fingerprint density at radius 2 is 1.93 bits per heavy atom. The Hall–Kier alpha value is -3.15. The van der Waals surface area contributed by atoms with Crippen LogP contribution in [-0.4, -0.2) is 34.3 Å². The highest BCUT2D eigenvalue weighted by atomic mass is 15.3. The average Bonchev–Trinajstić information content (AvgIpc) is 3.06. The molecule has 0 spiro atoms. The normalized spacial score (nSPS) is 12.7. The molecule has 2 heterocycles. The number of pyridine rings is 1. The molecule has 1 aromatic carbocycles. The molecule has 3 aromatic rings. The van der Waals surface area contributed by atoms with Crippen molar-refractivity contribution in [1.82, 2.24) is 25.4 Å². The van der Waals surface area contributed by atoms with Gasteiger partial charge in [0.15, 0.2) is 11.8 Å². The molecular formula is C23H30N6. The van der Waals surface area contributed by atoms with Crippen molar-refractivity contribution >= 4 is 5.96 Å². The van der Waals surface area contributed by atoms with Crippen molar-refractivity contribution in [3.05, 3.63) is 76.7 Å². The van der Waals surface area contributed by atoms with Gasteiger partial charge in [-0.2, -0.15) is 5.10 Å². The first-order valence-electron chi connectivity index (χ1n) is 9.96. The van der Waals surface area contributed by atoms with E-state index in [2.05, 4.69) is 69.9 Å². The van der Waals surface area contributed by atoms with Crippen LogP contribution in [0.15, 0.2) is 53.7 Å². The number of aliphatic imine (C=N–C) groups is 1. The minimum Gasteiger partial charge on any atom is -0.356 e. The van der Waals surface area contributed by atoms with Gasteiger partial charge in [-0.3, -0.25) is 4.99 Å². The number of guanidine groups is 1. The first-order valence-corrected chi connectivity index (χ1v) is 9.96. The highest BCUT2D eigenvalue weighted by molar-refractivity contribution is 5.79. The average molecular weight is 391 g/mol. The van der Waals surface area contributed by atoms with Crippen molar-refractivity contribution in [1.29, 1.82) is 0 Å². The molecule has 0 aliphatic carbocycles. The lowest BCUT2D eigenvalue weighted by Crippen LogP contribution is -2.38. The molecule has 3 rings (SSSR count). The largest absolute Gasteiger partial charge is 0.356 e. The van der Waals surface area contributed by atoms with E-state index in [0.29, 0.717) is 12.5 Å². The second-order valence-electron chi connectivity index (χ2n) is 7.49. The summed E-state index contributed by atoms with van der Waals surface area (Å²) in [4.78, 5) is 8.87. The van der Waals surface area contributed by atoms with Crippen LogP contribution in [0.4, 0.5) is 0 Å². The van der Waals surface area contributed by atoms with Crippen LogP contribution in [0.1, 0.15) is 40.9 Å². The van der Waals surface area contributed by atoms with E-state index in [-0.39, 0.29) is 0 Å². The summed E-state index contributed by atoms with van der Waals surface area (Å²) in [6, 6.07) is 14.7. The molecule has 29 heavy (non-hydrogen) atoms. The van der Waals surface area contributed by atoms with E-state index >= 15 is 0 Å². The van der Waals surface area contributed by atoms with Crippen molar-refractivity contribution in [2.75, 3.05) is 13.6 Å². The van der Waals surface area contributed by atoms with Gasteiger partial charge < -0.3 is 10.6 Å². The minimum absolute atomic E-state index is 0.398. The molecular weight excluding hydrogens is 360 g/mol. The van der Waals surface area contributed by atoms with E-state index in [9.17, 15) is 0 Å². The first-order chi connectivity index (χ1) is 14.0. The van der Waals surface area contributed by atoms with Gasteiger partial charge in [0, 0.05) is 32.0 Å². The lowest BCUT2D eigenvalue weighted by molar-refractivity contribution is 0.698. The minimum atomic E-state index is 0.398.